The van der Waals surface area contributed by atoms with Crippen molar-refractivity contribution in [2.24, 2.45) is 11.4 Å². The molecule has 0 radical (unpaired) electrons. The van der Waals surface area contributed by atoms with Crippen LogP contribution in [-0.2, 0) is 17.1 Å². The first-order valence-corrected chi connectivity index (χ1v) is 9.71. The molecule has 0 unspecified atom stereocenters. The summed E-state index contributed by atoms with van der Waals surface area (Å²) < 4.78 is 30.7. The molecule has 120 valence electrons. The second-order valence-electron chi connectivity index (χ2n) is 4.93. The molecule has 1 heterocycles. The normalized spacial score (nSPS) is 13.1. The largest absolute Gasteiger partial charge is 0.507 e. The molecule has 1 aromatic carbocycles. The molecule has 22 heavy (non-hydrogen) atoms. The number of aromatic hydroxyl groups is 1. The Balaban J connectivity index is 2.66. The van der Waals surface area contributed by atoms with Crippen LogP contribution in [0.3, 0.4) is 0 Å². The van der Waals surface area contributed by atoms with Crippen LogP contribution in [0.1, 0.15) is 24.6 Å². The predicted molar refractivity (Wildman–Crippen MR) is 90.9 cm³/mol. The summed E-state index contributed by atoms with van der Waals surface area (Å²) in [5, 5.41) is 10.2. The van der Waals surface area contributed by atoms with E-state index in [2.05, 4.69) is 20.3 Å². The van der Waals surface area contributed by atoms with Crippen molar-refractivity contribution in [1.82, 2.24) is 4.57 Å². The van der Waals surface area contributed by atoms with Crippen LogP contribution in [0.4, 0.5) is 0 Å². The van der Waals surface area contributed by atoms with E-state index in [-0.39, 0.29) is 21.4 Å². The number of rotatable bonds is 3. The van der Waals surface area contributed by atoms with Crippen LogP contribution in [0.5, 0.6) is 5.75 Å². The van der Waals surface area contributed by atoms with Crippen LogP contribution >= 0.6 is 38.9 Å². The first kappa shape index (κ1) is 17.5. The number of nitrogens with zero attached hydrogens (tertiary/aromatic N) is 2. The van der Waals surface area contributed by atoms with Crippen LogP contribution in [0, 0.1) is 0 Å². The van der Waals surface area contributed by atoms with Crippen LogP contribution < -0.4 is 4.80 Å². The highest BCUT2D eigenvalue weighted by atomic mass is 79.9. The molecule has 5 nitrogen and oxygen atoms in total. The molecule has 0 aliphatic rings. The van der Waals surface area contributed by atoms with E-state index in [1.54, 1.807) is 13.1 Å². The molecule has 0 aliphatic heterocycles. The lowest BCUT2D eigenvalue weighted by molar-refractivity contribution is 0.458. The maximum atomic E-state index is 12.4. The molecule has 0 atom stereocenters. The third-order valence-corrected chi connectivity index (χ3v) is 6.81. The number of aromatic nitrogens is 1. The lowest BCUT2D eigenvalue weighted by Crippen LogP contribution is -2.14. The zero-order valence-corrected chi connectivity index (χ0v) is 16.0. The maximum absolute atomic E-state index is 12.4. The molecular formula is C13H14BrClN2O3S2. The van der Waals surface area contributed by atoms with Crippen molar-refractivity contribution in [2.45, 2.75) is 24.7 Å². The number of hydrogen-bond donors (Lipinski definition) is 1. The Morgan fingerprint density at radius 1 is 1.41 bits per heavy atom. The number of halogens is 2. The van der Waals surface area contributed by atoms with Crippen LogP contribution in [0.15, 0.2) is 32.0 Å². The van der Waals surface area contributed by atoms with Crippen molar-refractivity contribution < 1.29 is 13.5 Å². The molecule has 0 fully saturated rings. The van der Waals surface area contributed by atoms with E-state index in [0.29, 0.717) is 9.63 Å². The Morgan fingerprint density at radius 3 is 2.59 bits per heavy atom. The summed E-state index contributed by atoms with van der Waals surface area (Å²) in [6.45, 7) is 3.94. The second-order valence-corrected chi connectivity index (χ2v) is 8.79. The first-order chi connectivity index (χ1) is 10.1. The van der Waals surface area contributed by atoms with Gasteiger partial charge in [0.05, 0.1) is 0 Å². The standard InChI is InChI=1S/C13H14BrClN2O3S2/c1-7(2)11-12(15)17(3)13(21-11)16-22(19,20)10-6-8(14)4-5-9(10)18/h4-7,18H,1-3H3/b16-13+. The maximum Gasteiger partial charge on any atom is 0.288 e. The molecule has 9 heteroatoms. The van der Waals surface area contributed by atoms with Crippen molar-refractivity contribution >= 4 is 48.9 Å². The summed E-state index contributed by atoms with van der Waals surface area (Å²) >= 11 is 10.6. The number of phenolic OH excluding ortho intramolecular Hbond substituents is 1. The molecule has 0 saturated heterocycles. The van der Waals surface area contributed by atoms with Gasteiger partial charge in [0.1, 0.15) is 15.8 Å². The van der Waals surface area contributed by atoms with Gasteiger partial charge in [-0.3, -0.25) is 0 Å². The van der Waals surface area contributed by atoms with Gasteiger partial charge in [-0.1, -0.05) is 52.7 Å². The minimum Gasteiger partial charge on any atom is -0.507 e. The van der Waals surface area contributed by atoms with E-state index in [1.165, 1.54) is 28.0 Å². The predicted octanol–water partition coefficient (Wildman–Crippen LogP) is 3.62. The van der Waals surface area contributed by atoms with E-state index in [9.17, 15) is 13.5 Å². The van der Waals surface area contributed by atoms with Gasteiger partial charge in [0.15, 0.2) is 0 Å². The van der Waals surface area contributed by atoms with Gasteiger partial charge in [-0.2, -0.15) is 8.42 Å². The second kappa shape index (κ2) is 6.35. The van der Waals surface area contributed by atoms with Crippen LogP contribution in [-0.4, -0.2) is 18.1 Å². The Bertz CT molecular complexity index is 885. The van der Waals surface area contributed by atoms with E-state index in [0.717, 1.165) is 4.88 Å². The molecule has 0 spiro atoms. The molecular weight excluding hydrogens is 412 g/mol. The Morgan fingerprint density at radius 2 is 2.05 bits per heavy atom. The SMILES string of the molecule is CC(C)c1s/c(=N/S(=O)(=O)c2cc(Br)ccc2O)n(C)c1Cl. The smallest absolute Gasteiger partial charge is 0.288 e. The number of phenols is 1. The number of thiazole rings is 1. The fraction of sp³-hybridized carbons (Fsp3) is 0.308. The van der Waals surface area contributed by atoms with E-state index in [1.807, 2.05) is 13.8 Å². The quantitative estimate of drug-likeness (QED) is 0.816. The monoisotopic (exact) mass is 424 g/mol. The summed E-state index contributed by atoms with van der Waals surface area (Å²) in [6, 6.07) is 4.16. The summed E-state index contributed by atoms with van der Waals surface area (Å²) in [5.41, 5.74) is 0. The molecule has 0 bridgehead atoms. The van der Waals surface area contributed by atoms with Crippen molar-refractivity contribution in [3.8, 4) is 5.75 Å². The van der Waals surface area contributed by atoms with Crippen LogP contribution in [0.25, 0.3) is 0 Å². The van der Waals surface area contributed by atoms with Crippen molar-refractivity contribution in [2.75, 3.05) is 0 Å². The van der Waals surface area contributed by atoms with E-state index >= 15 is 0 Å². The molecule has 2 aromatic rings. The van der Waals surface area contributed by atoms with Gasteiger partial charge in [0.25, 0.3) is 10.0 Å². The van der Waals surface area contributed by atoms with Gasteiger partial charge < -0.3 is 9.67 Å². The zero-order chi connectivity index (χ0) is 16.7. The molecule has 2 rings (SSSR count). The topological polar surface area (TPSA) is 71.7 Å². The van der Waals surface area contributed by atoms with Gasteiger partial charge in [0, 0.05) is 16.4 Å². The number of hydrogen-bond acceptors (Lipinski definition) is 4. The van der Waals surface area contributed by atoms with Gasteiger partial charge in [-0.25, -0.2) is 0 Å². The third kappa shape index (κ3) is 3.40. The Labute approximate surface area is 146 Å². The fourth-order valence-corrected chi connectivity index (χ4v) is 5.08. The number of benzene rings is 1. The Kier molecular flexibility index (Phi) is 5.06. The van der Waals surface area contributed by atoms with Gasteiger partial charge in [0.2, 0.25) is 4.80 Å². The Hall–Kier alpha value is -0.830. The summed E-state index contributed by atoms with van der Waals surface area (Å²) in [7, 11) is -2.39. The summed E-state index contributed by atoms with van der Waals surface area (Å²) in [6.07, 6.45) is 0. The minimum atomic E-state index is -4.04. The lowest BCUT2D eigenvalue weighted by atomic mass is 10.2. The average Bonchev–Trinajstić information content (AvgIpc) is 2.69. The summed E-state index contributed by atoms with van der Waals surface area (Å²) in [5.74, 6) is -0.184. The molecule has 1 aromatic heterocycles. The third-order valence-electron chi connectivity index (χ3n) is 2.91. The minimum absolute atomic E-state index is 0.162. The van der Waals surface area contributed by atoms with Crippen molar-refractivity contribution in [3.63, 3.8) is 0 Å². The fourth-order valence-electron chi connectivity index (χ4n) is 1.74. The molecule has 1 N–H and O–H groups in total. The van der Waals surface area contributed by atoms with Gasteiger partial charge in [-0.05, 0) is 24.1 Å². The van der Waals surface area contributed by atoms with Crippen molar-refractivity contribution in [3.05, 3.63) is 37.5 Å². The van der Waals surface area contributed by atoms with Gasteiger partial charge in [-0.15, -0.1) is 4.40 Å². The number of sulfonamides is 1. The highest BCUT2D eigenvalue weighted by molar-refractivity contribution is 9.10. The zero-order valence-electron chi connectivity index (χ0n) is 12.0. The lowest BCUT2D eigenvalue weighted by Gasteiger charge is -2.02. The molecule has 0 amide bonds. The summed E-state index contributed by atoms with van der Waals surface area (Å²) in [4.78, 5) is 0.863. The van der Waals surface area contributed by atoms with Crippen LogP contribution in [0.2, 0.25) is 5.15 Å². The van der Waals surface area contributed by atoms with Crippen molar-refractivity contribution in [1.29, 1.82) is 0 Å². The molecule has 0 aliphatic carbocycles. The first-order valence-electron chi connectivity index (χ1n) is 6.28. The highest BCUT2D eigenvalue weighted by Crippen LogP contribution is 2.29. The average molecular weight is 426 g/mol. The van der Waals surface area contributed by atoms with E-state index in [4.69, 9.17) is 11.6 Å². The highest BCUT2D eigenvalue weighted by Gasteiger charge is 2.20. The van der Waals surface area contributed by atoms with E-state index < -0.39 is 10.0 Å². The van der Waals surface area contributed by atoms with Gasteiger partial charge >= 0.3 is 0 Å². The molecule has 0 saturated carbocycles.